The van der Waals surface area contributed by atoms with Gasteiger partial charge in [-0.2, -0.15) is 0 Å². The third kappa shape index (κ3) is 4.72. The Kier molecular flexibility index (Phi) is 8.21. The Balaban J connectivity index is 1.62. The number of likely N-dealkylation sites (tertiary alicyclic amines) is 1. The second-order valence-electron chi connectivity index (χ2n) is 10.3. The van der Waals surface area contributed by atoms with E-state index in [0.717, 1.165) is 11.1 Å². The fourth-order valence-corrected chi connectivity index (χ4v) is 10.2. The Morgan fingerprint density at radius 1 is 1.23 bits per heavy atom. The maximum atomic E-state index is 14.6. The highest BCUT2D eigenvalue weighted by Gasteiger charge is 2.76. The number of hydrogen-bond acceptors (Lipinski definition) is 6. The Bertz CT molecular complexity index is 1230. The van der Waals surface area contributed by atoms with Gasteiger partial charge in [-0.3, -0.25) is 14.4 Å². The van der Waals surface area contributed by atoms with Crippen LogP contribution >= 0.6 is 27.7 Å². The number of aliphatic hydroxyl groups is 1. The van der Waals surface area contributed by atoms with Crippen molar-refractivity contribution in [1.29, 1.82) is 0 Å². The van der Waals surface area contributed by atoms with Crippen LogP contribution in [0.5, 0.6) is 0 Å². The molecule has 9 heteroatoms. The molecule has 206 valence electrons. The van der Waals surface area contributed by atoms with E-state index in [0.29, 0.717) is 19.5 Å². The summed E-state index contributed by atoms with van der Waals surface area (Å²) in [5, 5.41) is 10.5. The van der Waals surface area contributed by atoms with E-state index in [4.69, 9.17) is 4.74 Å². The van der Waals surface area contributed by atoms with Gasteiger partial charge in [0.25, 0.3) is 0 Å². The Labute approximate surface area is 241 Å². The number of thioether (sulfide) groups is 1. The van der Waals surface area contributed by atoms with Crippen LogP contribution in [0.2, 0.25) is 0 Å². The van der Waals surface area contributed by atoms with Crippen LogP contribution in [0.1, 0.15) is 30.5 Å². The van der Waals surface area contributed by atoms with Gasteiger partial charge in [0.05, 0.1) is 35.8 Å². The van der Waals surface area contributed by atoms with Crippen molar-refractivity contribution in [3.05, 3.63) is 84.4 Å². The SMILES string of the molecule is C=CCN(Cc1ccccc1)C(=O)C1N([C@H](CO)c2ccccc2)C(=O)[C@@H]2[C@@H](C(=O)OCC)[C@@H]3SC12CC3Br. The fraction of sp³-hybridized carbons (Fsp3) is 0.433. The van der Waals surface area contributed by atoms with E-state index in [2.05, 4.69) is 22.5 Å². The second-order valence-corrected chi connectivity index (χ2v) is 13.0. The first-order valence-corrected chi connectivity index (χ1v) is 15.1. The average molecular weight is 614 g/mol. The van der Waals surface area contributed by atoms with Crippen molar-refractivity contribution in [3.8, 4) is 0 Å². The predicted molar refractivity (Wildman–Crippen MR) is 154 cm³/mol. The molecule has 1 N–H and O–H groups in total. The minimum atomic E-state index is -0.870. The zero-order valence-electron chi connectivity index (χ0n) is 21.8. The number of nitrogens with zero attached hydrogens (tertiary/aromatic N) is 2. The third-order valence-corrected chi connectivity index (χ3v) is 11.3. The topological polar surface area (TPSA) is 87.2 Å². The highest BCUT2D eigenvalue weighted by molar-refractivity contribution is 9.09. The monoisotopic (exact) mass is 612 g/mol. The van der Waals surface area contributed by atoms with Gasteiger partial charge in [-0.15, -0.1) is 18.3 Å². The van der Waals surface area contributed by atoms with Gasteiger partial charge in [-0.25, -0.2) is 0 Å². The van der Waals surface area contributed by atoms with Crippen LogP contribution in [0.25, 0.3) is 0 Å². The molecule has 0 radical (unpaired) electrons. The number of alkyl halides is 1. The number of aliphatic hydroxyl groups excluding tert-OH is 1. The van der Waals surface area contributed by atoms with Gasteiger partial charge in [0.15, 0.2) is 0 Å². The van der Waals surface area contributed by atoms with E-state index in [1.165, 1.54) is 0 Å². The molecular formula is C30H33BrN2O5S. The van der Waals surface area contributed by atoms with E-state index < -0.39 is 34.6 Å². The molecule has 3 saturated heterocycles. The molecule has 2 bridgehead atoms. The Hall–Kier alpha value is -2.62. The molecule has 2 aromatic carbocycles. The number of hydrogen-bond donors (Lipinski definition) is 1. The summed E-state index contributed by atoms with van der Waals surface area (Å²) < 4.78 is 4.61. The average Bonchev–Trinajstić information content (AvgIpc) is 3.53. The van der Waals surface area contributed by atoms with Gasteiger partial charge in [0, 0.05) is 23.2 Å². The van der Waals surface area contributed by atoms with Gasteiger partial charge >= 0.3 is 5.97 Å². The molecule has 0 saturated carbocycles. The van der Waals surface area contributed by atoms with E-state index in [1.807, 2.05) is 60.7 Å². The predicted octanol–water partition coefficient (Wildman–Crippen LogP) is 3.96. The standard InChI is InChI=1S/C30H33BrN2O5S/c1-3-15-32(17-19-11-7-5-8-12-19)28(36)26-30-16-21(31)25(39-30)23(29(37)38-4-2)24(30)27(35)33(26)22(18-34)20-13-9-6-10-14-20/h3,5-14,21-26,34H,1,4,15-18H2,2H3/t21?,22-,23-,24+,25-,26?,30?/m1/s1. The summed E-state index contributed by atoms with van der Waals surface area (Å²) >= 11 is 5.34. The number of rotatable bonds is 10. The molecule has 0 aliphatic carbocycles. The van der Waals surface area contributed by atoms with Crippen LogP contribution in [-0.4, -0.2) is 73.3 Å². The van der Waals surface area contributed by atoms with Gasteiger partial charge in [-0.1, -0.05) is 82.7 Å². The van der Waals surface area contributed by atoms with Crippen molar-refractivity contribution < 1.29 is 24.2 Å². The number of carbonyl (C=O) groups is 3. The number of benzene rings is 2. The van der Waals surface area contributed by atoms with Crippen LogP contribution in [-0.2, 0) is 25.7 Å². The summed E-state index contributed by atoms with van der Waals surface area (Å²) in [6, 6.07) is 17.4. The van der Waals surface area contributed by atoms with Gasteiger partial charge in [0.1, 0.15) is 6.04 Å². The zero-order chi connectivity index (χ0) is 27.7. The highest BCUT2D eigenvalue weighted by Crippen LogP contribution is 2.68. The summed E-state index contributed by atoms with van der Waals surface area (Å²) in [6.45, 7) is 6.15. The fourth-order valence-electron chi connectivity index (χ4n) is 6.58. The summed E-state index contributed by atoms with van der Waals surface area (Å²) in [5.41, 5.74) is 1.70. The van der Waals surface area contributed by atoms with Crippen molar-refractivity contribution in [3.63, 3.8) is 0 Å². The molecule has 3 aliphatic heterocycles. The molecule has 1 spiro atoms. The van der Waals surface area contributed by atoms with Crippen molar-refractivity contribution in [2.75, 3.05) is 19.8 Å². The second kappa shape index (κ2) is 11.5. The maximum Gasteiger partial charge on any atom is 0.310 e. The third-order valence-electron chi connectivity index (χ3n) is 8.09. The van der Waals surface area contributed by atoms with Crippen LogP contribution in [0, 0.1) is 11.8 Å². The molecule has 3 fully saturated rings. The minimum Gasteiger partial charge on any atom is -0.466 e. The molecule has 7 atom stereocenters. The molecule has 3 unspecified atom stereocenters. The lowest BCUT2D eigenvalue weighted by Gasteiger charge is -2.40. The molecule has 3 aliphatic rings. The van der Waals surface area contributed by atoms with E-state index >= 15 is 0 Å². The summed E-state index contributed by atoms with van der Waals surface area (Å²) in [5.74, 6) is -2.27. The summed E-state index contributed by atoms with van der Waals surface area (Å²) in [7, 11) is 0. The molecule has 0 aromatic heterocycles. The van der Waals surface area contributed by atoms with Gasteiger partial charge in [0.2, 0.25) is 11.8 Å². The molecule has 5 rings (SSSR count). The van der Waals surface area contributed by atoms with Crippen molar-refractivity contribution >= 4 is 45.5 Å². The van der Waals surface area contributed by atoms with Crippen molar-refractivity contribution in [2.24, 2.45) is 11.8 Å². The van der Waals surface area contributed by atoms with Crippen LogP contribution < -0.4 is 0 Å². The Morgan fingerprint density at radius 3 is 2.51 bits per heavy atom. The zero-order valence-corrected chi connectivity index (χ0v) is 24.2. The lowest BCUT2D eigenvalue weighted by molar-refractivity contribution is -0.154. The molecular weight excluding hydrogens is 580 g/mol. The van der Waals surface area contributed by atoms with E-state index in [-0.39, 0.29) is 35.1 Å². The van der Waals surface area contributed by atoms with Gasteiger partial charge in [-0.05, 0) is 24.5 Å². The lowest BCUT2D eigenvalue weighted by atomic mass is 9.71. The van der Waals surface area contributed by atoms with Gasteiger partial charge < -0.3 is 19.6 Å². The number of halogens is 1. The smallest absolute Gasteiger partial charge is 0.310 e. The lowest BCUT2D eigenvalue weighted by Crippen LogP contribution is -2.56. The van der Waals surface area contributed by atoms with Crippen LogP contribution in [0.4, 0.5) is 0 Å². The highest BCUT2D eigenvalue weighted by atomic mass is 79.9. The van der Waals surface area contributed by atoms with Crippen molar-refractivity contribution in [2.45, 2.75) is 46.8 Å². The normalized spacial score (nSPS) is 29.7. The number of ether oxygens (including phenoxy) is 1. The number of esters is 1. The Morgan fingerprint density at radius 2 is 1.90 bits per heavy atom. The molecule has 2 amide bonds. The number of carbonyl (C=O) groups excluding carboxylic acids is 3. The molecule has 2 aromatic rings. The minimum absolute atomic E-state index is 0.0533. The van der Waals surface area contributed by atoms with Crippen molar-refractivity contribution in [1.82, 2.24) is 9.80 Å². The number of fused-ring (bicyclic) bond motifs is 1. The first-order valence-electron chi connectivity index (χ1n) is 13.3. The summed E-state index contributed by atoms with van der Waals surface area (Å²) in [6.07, 6.45) is 2.24. The molecule has 3 heterocycles. The molecule has 39 heavy (non-hydrogen) atoms. The van der Waals surface area contributed by atoms with E-state index in [9.17, 15) is 19.5 Å². The quantitative estimate of drug-likeness (QED) is 0.248. The maximum absolute atomic E-state index is 14.6. The first kappa shape index (κ1) is 27.9. The first-order chi connectivity index (χ1) is 18.9. The number of amides is 2. The largest absolute Gasteiger partial charge is 0.466 e. The van der Waals surface area contributed by atoms with Crippen LogP contribution in [0.3, 0.4) is 0 Å². The molecule has 7 nitrogen and oxygen atoms in total. The summed E-state index contributed by atoms with van der Waals surface area (Å²) in [4.78, 5) is 45.5. The van der Waals surface area contributed by atoms with E-state index in [1.54, 1.807) is 34.6 Å². The van der Waals surface area contributed by atoms with Crippen LogP contribution in [0.15, 0.2) is 73.3 Å².